The highest BCUT2D eigenvalue weighted by atomic mass is 32.1. The molecule has 0 aliphatic carbocycles. The van der Waals surface area contributed by atoms with Crippen LogP contribution >= 0.6 is 11.3 Å². The van der Waals surface area contributed by atoms with Crippen molar-refractivity contribution in [2.45, 2.75) is 0 Å². The Labute approximate surface area is 294 Å². The van der Waals surface area contributed by atoms with Gasteiger partial charge < -0.3 is 4.90 Å². The van der Waals surface area contributed by atoms with Gasteiger partial charge in [-0.25, -0.2) is 0 Å². The summed E-state index contributed by atoms with van der Waals surface area (Å²) in [7, 11) is 0. The third-order valence-corrected chi connectivity index (χ3v) is 11.1. The van der Waals surface area contributed by atoms with Crippen molar-refractivity contribution < 1.29 is 0 Å². The average molecular weight is 654 g/mol. The number of benzene rings is 9. The summed E-state index contributed by atoms with van der Waals surface area (Å²) in [5, 5.41) is 10.2. The summed E-state index contributed by atoms with van der Waals surface area (Å²) in [6.45, 7) is 0. The number of para-hydroxylation sites is 1. The third-order valence-electron chi connectivity index (χ3n) is 10.0. The highest BCUT2D eigenvalue weighted by molar-refractivity contribution is 7.25. The van der Waals surface area contributed by atoms with Gasteiger partial charge in [-0.3, -0.25) is 0 Å². The molecular formula is C48H31NS. The summed E-state index contributed by atoms with van der Waals surface area (Å²) in [5.74, 6) is 0. The number of fused-ring (bicyclic) bond motifs is 7. The molecule has 50 heavy (non-hydrogen) atoms. The Kier molecular flexibility index (Phi) is 6.75. The summed E-state index contributed by atoms with van der Waals surface area (Å²) in [4.78, 5) is 2.45. The van der Waals surface area contributed by atoms with Crippen LogP contribution in [-0.4, -0.2) is 0 Å². The van der Waals surface area contributed by atoms with Crippen molar-refractivity contribution in [2.24, 2.45) is 0 Å². The van der Waals surface area contributed by atoms with E-state index in [4.69, 9.17) is 0 Å². The van der Waals surface area contributed by atoms with Crippen LogP contribution in [0, 0.1) is 0 Å². The van der Waals surface area contributed by atoms with Crippen LogP contribution in [0.1, 0.15) is 0 Å². The van der Waals surface area contributed by atoms with E-state index in [1.807, 2.05) is 11.3 Å². The molecule has 0 saturated carbocycles. The van der Waals surface area contributed by atoms with Crippen molar-refractivity contribution in [1.29, 1.82) is 0 Å². The Balaban J connectivity index is 1.22. The van der Waals surface area contributed by atoms with E-state index in [1.165, 1.54) is 74.7 Å². The van der Waals surface area contributed by atoms with E-state index in [1.54, 1.807) is 0 Å². The molecule has 0 atom stereocenters. The fourth-order valence-electron chi connectivity index (χ4n) is 7.65. The minimum Gasteiger partial charge on any atom is -0.310 e. The van der Waals surface area contributed by atoms with Crippen LogP contribution in [0.25, 0.3) is 74.7 Å². The van der Waals surface area contributed by atoms with Gasteiger partial charge in [-0.05, 0) is 97.5 Å². The van der Waals surface area contributed by atoms with Crippen LogP contribution in [0.15, 0.2) is 188 Å². The van der Waals surface area contributed by atoms with Crippen molar-refractivity contribution >= 4 is 80.9 Å². The molecule has 2 heteroatoms. The van der Waals surface area contributed by atoms with Crippen LogP contribution in [0.5, 0.6) is 0 Å². The van der Waals surface area contributed by atoms with E-state index >= 15 is 0 Å². The lowest BCUT2D eigenvalue weighted by Gasteiger charge is -2.29. The topological polar surface area (TPSA) is 3.24 Å². The number of hydrogen-bond acceptors (Lipinski definition) is 2. The molecule has 234 valence electrons. The van der Waals surface area contributed by atoms with Gasteiger partial charge in [0.1, 0.15) is 0 Å². The van der Waals surface area contributed by atoms with Crippen LogP contribution in [0.2, 0.25) is 0 Å². The van der Waals surface area contributed by atoms with E-state index in [9.17, 15) is 0 Å². The Bertz CT molecular complexity index is 2900. The molecule has 1 heterocycles. The molecule has 10 rings (SSSR count). The highest BCUT2D eigenvalue weighted by Crippen LogP contribution is 2.46. The maximum absolute atomic E-state index is 2.45. The normalized spacial score (nSPS) is 11.6. The molecule has 9 aromatic carbocycles. The predicted octanol–water partition coefficient (Wildman–Crippen LogP) is 14.3. The van der Waals surface area contributed by atoms with E-state index in [-0.39, 0.29) is 0 Å². The maximum Gasteiger partial charge on any atom is 0.0540 e. The smallest absolute Gasteiger partial charge is 0.0540 e. The Morgan fingerprint density at radius 2 is 0.980 bits per heavy atom. The van der Waals surface area contributed by atoms with Gasteiger partial charge in [0.2, 0.25) is 0 Å². The summed E-state index contributed by atoms with van der Waals surface area (Å²) in [6.07, 6.45) is 0. The van der Waals surface area contributed by atoms with Crippen LogP contribution < -0.4 is 4.90 Å². The molecule has 0 unspecified atom stereocenters. The summed E-state index contributed by atoms with van der Waals surface area (Å²) in [5.41, 5.74) is 8.22. The molecule has 10 aromatic rings. The standard InChI is InChI=1S/C48H31NS/c1-2-13-33-28-35(25-24-32(33)12-1)34-15-11-16-37(29-34)49(38-26-27-44-43-21-8-10-23-47(43)50-48(44)31-38)46-22-9-7-20-42(46)45-30-36-14-3-4-17-39(36)40-18-5-6-19-41(40)45/h1-31H. The molecule has 0 radical (unpaired) electrons. The second-order valence-electron chi connectivity index (χ2n) is 12.9. The number of nitrogens with zero attached hydrogens (tertiary/aromatic N) is 1. The fourth-order valence-corrected chi connectivity index (χ4v) is 8.79. The predicted molar refractivity (Wildman–Crippen MR) is 217 cm³/mol. The molecular weight excluding hydrogens is 623 g/mol. The minimum atomic E-state index is 1.12. The van der Waals surface area contributed by atoms with Gasteiger partial charge in [-0.15, -0.1) is 11.3 Å². The number of hydrogen-bond donors (Lipinski definition) is 0. The van der Waals surface area contributed by atoms with Gasteiger partial charge >= 0.3 is 0 Å². The lowest BCUT2D eigenvalue weighted by atomic mass is 9.92. The Morgan fingerprint density at radius 1 is 0.320 bits per heavy atom. The zero-order valence-electron chi connectivity index (χ0n) is 27.3. The zero-order chi connectivity index (χ0) is 33.0. The van der Waals surface area contributed by atoms with E-state index < -0.39 is 0 Å². The number of rotatable bonds is 5. The molecule has 0 bridgehead atoms. The van der Waals surface area contributed by atoms with Crippen LogP contribution in [-0.2, 0) is 0 Å². The highest BCUT2D eigenvalue weighted by Gasteiger charge is 2.20. The Morgan fingerprint density at radius 3 is 1.88 bits per heavy atom. The van der Waals surface area contributed by atoms with Gasteiger partial charge in [0, 0.05) is 37.1 Å². The first-order chi connectivity index (χ1) is 24.8. The van der Waals surface area contributed by atoms with Crippen LogP contribution in [0.4, 0.5) is 17.1 Å². The monoisotopic (exact) mass is 653 g/mol. The number of thiophene rings is 1. The first-order valence-electron chi connectivity index (χ1n) is 17.1. The lowest BCUT2D eigenvalue weighted by molar-refractivity contribution is 1.29. The van der Waals surface area contributed by atoms with Gasteiger partial charge in [0.05, 0.1) is 5.69 Å². The Hall–Kier alpha value is -6.22. The fraction of sp³-hybridized carbons (Fsp3) is 0. The average Bonchev–Trinajstić information content (AvgIpc) is 3.56. The van der Waals surface area contributed by atoms with E-state index in [0.29, 0.717) is 0 Å². The van der Waals surface area contributed by atoms with Crippen molar-refractivity contribution in [1.82, 2.24) is 0 Å². The first kappa shape index (κ1) is 28.8. The summed E-state index contributed by atoms with van der Waals surface area (Å²) >= 11 is 1.86. The largest absolute Gasteiger partial charge is 0.310 e. The molecule has 0 saturated heterocycles. The molecule has 1 nitrogen and oxygen atoms in total. The second-order valence-corrected chi connectivity index (χ2v) is 14.0. The maximum atomic E-state index is 2.45. The van der Waals surface area contributed by atoms with E-state index in [2.05, 4.69) is 193 Å². The zero-order valence-corrected chi connectivity index (χ0v) is 28.1. The summed E-state index contributed by atoms with van der Waals surface area (Å²) in [6, 6.07) is 68.9. The molecule has 1 aromatic heterocycles. The molecule has 0 aliphatic heterocycles. The quantitative estimate of drug-likeness (QED) is 0.167. The van der Waals surface area contributed by atoms with Gasteiger partial charge in [-0.1, -0.05) is 140 Å². The van der Waals surface area contributed by atoms with Crippen molar-refractivity contribution in [3.8, 4) is 22.3 Å². The van der Waals surface area contributed by atoms with Crippen molar-refractivity contribution in [3.63, 3.8) is 0 Å². The SMILES string of the molecule is c1cc(-c2ccc3ccccc3c2)cc(N(c2ccc3c(c2)sc2ccccc23)c2ccccc2-c2cc3ccccc3c3ccccc23)c1. The second kappa shape index (κ2) is 11.7. The van der Waals surface area contributed by atoms with Gasteiger partial charge in [-0.2, -0.15) is 0 Å². The van der Waals surface area contributed by atoms with E-state index in [0.717, 1.165) is 17.1 Å². The molecule has 0 amide bonds. The van der Waals surface area contributed by atoms with Gasteiger partial charge in [0.15, 0.2) is 0 Å². The molecule has 0 N–H and O–H groups in total. The van der Waals surface area contributed by atoms with Crippen molar-refractivity contribution in [3.05, 3.63) is 188 Å². The summed E-state index contributed by atoms with van der Waals surface area (Å²) < 4.78 is 2.60. The lowest BCUT2D eigenvalue weighted by Crippen LogP contribution is -2.11. The minimum absolute atomic E-state index is 1.12. The van der Waals surface area contributed by atoms with Crippen LogP contribution in [0.3, 0.4) is 0 Å². The van der Waals surface area contributed by atoms with Crippen molar-refractivity contribution in [2.75, 3.05) is 4.90 Å². The van der Waals surface area contributed by atoms with Gasteiger partial charge in [0.25, 0.3) is 0 Å². The first-order valence-corrected chi connectivity index (χ1v) is 17.9. The molecule has 0 aliphatic rings. The third kappa shape index (κ3) is 4.76. The number of anilines is 3. The molecule has 0 spiro atoms. The molecule has 0 fully saturated rings.